The maximum atomic E-state index is 12.8. The Morgan fingerprint density at radius 2 is 1.72 bits per heavy atom. The van der Waals surface area contributed by atoms with Gasteiger partial charge < -0.3 is 30.3 Å². The predicted octanol–water partition coefficient (Wildman–Crippen LogP) is 3.27. The molecule has 1 fully saturated rings. The van der Waals surface area contributed by atoms with E-state index in [2.05, 4.69) is 26.3 Å². The zero-order valence-electron chi connectivity index (χ0n) is 26.3. The van der Waals surface area contributed by atoms with Crippen molar-refractivity contribution in [2.24, 2.45) is 4.99 Å². The Hall–Kier alpha value is -5.42. The Balaban J connectivity index is 1.41. The minimum absolute atomic E-state index is 0.112. The molecule has 0 saturated carbocycles. The molecule has 14 nitrogen and oxygen atoms in total. The van der Waals surface area contributed by atoms with Crippen LogP contribution in [0.15, 0.2) is 76.1 Å². The number of dihydropyridines is 1. The van der Waals surface area contributed by atoms with Gasteiger partial charge in [0.2, 0.25) is 5.96 Å². The minimum atomic E-state index is -0.754. The number of nitrogens with zero attached hydrogens (tertiary/aromatic N) is 4. The molecule has 4 rings (SSSR count). The Morgan fingerprint density at radius 1 is 1.07 bits per heavy atom. The number of aliphatic imine (C=N–C) groups is 1. The van der Waals surface area contributed by atoms with Gasteiger partial charge in [-0.15, -0.1) is 0 Å². The first-order valence-electron chi connectivity index (χ1n) is 14.8. The standard InChI is InChI=1S/C32H38N8O6/c1-20-27(30(41)45-3)29(28(21(2)37-20)31(42)46-4)22-8-7-9-24(18-22)38-32(36-19-33)35-15-14-34-23-12-16-39(17-13-23)25-10-5-6-11-26(25)40(43)44/h5-11,18,23,29,34,37H,12-17H2,1-4H3,(H2,35,36,38). The number of rotatable bonds is 10. The summed E-state index contributed by atoms with van der Waals surface area (Å²) in [5.74, 6) is -1.67. The van der Waals surface area contributed by atoms with E-state index < -0.39 is 17.9 Å². The summed E-state index contributed by atoms with van der Waals surface area (Å²) in [6.07, 6.45) is 3.54. The van der Waals surface area contributed by atoms with Crippen molar-refractivity contribution in [3.63, 3.8) is 0 Å². The van der Waals surface area contributed by atoms with E-state index in [-0.39, 0.29) is 33.8 Å². The van der Waals surface area contributed by atoms with Gasteiger partial charge in [0.1, 0.15) is 5.69 Å². The topological polar surface area (TPSA) is 183 Å². The molecule has 0 spiro atoms. The van der Waals surface area contributed by atoms with Crippen LogP contribution in [-0.4, -0.2) is 69.3 Å². The van der Waals surface area contributed by atoms with Gasteiger partial charge in [-0.05, 0) is 50.5 Å². The normalized spacial score (nSPS) is 16.0. The van der Waals surface area contributed by atoms with Crippen molar-refractivity contribution in [2.45, 2.75) is 38.6 Å². The fourth-order valence-corrected chi connectivity index (χ4v) is 5.83. The Bertz CT molecular complexity index is 1570. The molecule has 2 aliphatic heterocycles. The van der Waals surface area contributed by atoms with E-state index in [1.807, 2.05) is 17.2 Å². The lowest BCUT2D eigenvalue weighted by molar-refractivity contribution is -0.384. The first kappa shape index (κ1) is 33.5. The molecular formula is C32H38N8O6. The summed E-state index contributed by atoms with van der Waals surface area (Å²) in [4.78, 5) is 43.3. The first-order valence-corrected chi connectivity index (χ1v) is 14.8. The smallest absolute Gasteiger partial charge is 0.336 e. The molecule has 0 aromatic heterocycles. The predicted molar refractivity (Wildman–Crippen MR) is 173 cm³/mol. The molecule has 0 bridgehead atoms. The van der Waals surface area contributed by atoms with Crippen molar-refractivity contribution in [1.82, 2.24) is 16.0 Å². The molecule has 0 radical (unpaired) electrons. The average molecular weight is 631 g/mol. The number of anilines is 2. The number of para-hydroxylation sites is 2. The molecule has 0 amide bonds. The number of allylic oxidation sites excluding steroid dienone is 2. The van der Waals surface area contributed by atoms with Gasteiger partial charge in [-0.1, -0.05) is 24.3 Å². The highest BCUT2D eigenvalue weighted by Gasteiger charge is 2.37. The molecule has 14 heteroatoms. The van der Waals surface area contributed by atoms with Crippen LogP contribution in [0.4, 0.5) is 17.1 Å². The van der Waals surface area contributed by atoms with E-state index in [0.717, 1.165) is 12.8 Å². The van der Waals surface area contributed by atoms with Crippen molar-refractivity contribution in [3.05, 3.63) is 86.7 Å². The van der Waals surface area contributed by atoms with Crippen LogP contribution in [0.2, 0.25) is 0 Å². The van der Waals surface area contributed by atoms with Crippen LogP contribution >= 0.6 is 0 Å². The third-order valence-electron chi connectivity index (χ3n) is 7.96. The van der Waals surface area contributed by atoms with Gasteiger partial charge in [0, 0.05) is 48.8 Å². The van der Waals surface area contributed by atoms with Crippen LogP contribution in [0.1, 0.15) is 38.2 Å². The van der Waals surface area contributed by atoms with Crippen LogP contribution in [0, 0.1) is 21.6 Å². The number of carbonyl (C=O) groups excluding carboxylic acids is 2. The van der Waals surface area contributed by atoms with Crippen molar-refractivity contribution in [2.75, 3.05) is 50.6 Å². The summed E-state index contributed by atoms with van der Waals surface area (Å²) in [6.45, 7) is 5.81. The number of hydrogen-bond donors (Lipinski definition) is 4. The van der Waals surface area contributed by atoms with Crippen molar-refractivity contribution in [3.8, 4) is 6.19 Å². The SMILES string of the molecule is COC(=O)C1=C(C)NC(C)=C(C(=O)OC)C1c1cccc(NC(=NCCNC2CCN(c3ccccc3[N+](=O)[O-])CC2)NC#N)c1. The molecule has 2 aromatic carbocycles. The number of carbonyl (C=O) groups is 2. The lowest BCUT2D eigenvalue weighted by Gasteiger charge is -2.33. The van der Waals surface area contributed by atoms with Crippen molar-refractivity contribution >= 4 is 35.0 Å². The second-order valence-electron chi connectivity index (χ2n) is 10.8. The van der Waals surface area contributed by atoms with E-state index in [4.69, 9.17) is 9.47 Å². The number of ether oxygens (including phenoxy) is 2. The van der Waals surface area contributed by atoms with E-state index >= 15 is 0 Å². The van der Waals surface area contributed by atoms with Crippen LogP contribution in [0.25, 0.3) is 0 Å². The zero-order chi connectivity index (χ0) is 33.2. The van der Waals surface area contributed by atoms with E-state index in [0.29, 0.717) is 54.5 Å². The summed E-state index contributed by atoms with van der Waals surface area (Å²) in [7, 11) is 2.57. The summed E-state index contributed by atoms with van der Waals surface area (Å²) < 4.78 is 10.1. The fourth-order valence-electron chi connectivity index (χ4n) is 5.83. The average Bonchev–Trinajstić information content (AvgIpc) is 3.06. The molecule has 2 heterocycles. The van der Waals surface area contributed by atoms with Crippen molar-refractivity contribution < 1.29 is 24.0 Å². The minimum Gasteiger partial charge on any atom is -0.466 e. The highest BCUT2D eigenvalue weighted by atomic mass is 16.6. The molecule has 46 heavy (non-hydrogen) atoms. The van der Waals surface area contributed by atoms with E-state index in [1.165, 1.54) is 20.3 Å². The van der Waals surface area contributed by atoms with Gasteiger partial charge >= 0.3 is 11.9 Å². The molecule has 0 unspecified atom stereocenters. The number of esters is 2. The third-order valence-corrected chi connectivity index (χ3v) is 7.96. The maximum absolute atomic E-state index is 12.8. The first-order chi connectivity index (χ1) is 22.2. The number of benzene rings is 2. The van der Waals surface area contributed by atoms with Crippen LogP contribution in [-0.2, 0) is 19.1 Å². The number of piperidine rings is 1. The molecule has 0 aliphatic carbocycles. The number of nitrogens with one attached hydrogen (secondary N) is 4. The van der Waals surface area contributed by atoms with Gasteiger partial charge in [-0.25, -0.2) is 9.59 Å². The zero-order valence-corrected chi connectivity index (χ0v) is 26.3. The quantitative estimate of drug-likeness (QED) is 0.0440. The summed E-state index contributed by atoms with van der Waals surface area (Å²) in [5, 5.41) is 33.0. The molecular weight excluding hydrogens is 592 g/mol. The van der Waals surface area contributed by atoms with E-state index in [9.17, 15) is 25.0 Å². The number of nitro groups is 1. The highest BCUT2D eigenvalue weighted by Crippen LogP contribution is 2.39. The maximum Gasteiger partial charge on any atom is 0.336 e. The second kappa shape index (κ2) is 15.5. The van der Waals surface area contributed by atoms with Crippen molar-refractivity contribution in [1.29, 1.82) is 5.26 Å². The fraction of sp³-hybridized carbons (Fsp3) is 0.375. The monoisotopic (exact) mass is 630 g/mol. The Morgan fingerprint density at radius 3 is 2.33 bits per heavy atom. The van der Waals surface area contributed by atoms with Crippen LogP contribution < -0.4 is 26.2 Å². The molecule has 1 saturated heterocycles. The van der Waals surface area contributed by atoms with Gasteiger partial charge in [-0.2, -0.15) is 5.26 Å². The number of hydrogen-bond acceptors (Lipinski definition) is 11. The van der Waals surface area contributed by atoms with Gasteiger partial charge in [0.25, 0.3) is 5.69 Å². The van der Waals surface area contributed by atoms with Gasteiger partial charge in [0.15, 0.2) is 6.19 Å². The lowest BCUT2D eigenvalue weighted by atomic mass is 9.80. The molecule has 242 valence electrons. The summed E-state index contributed by atoms with van der Waals surface area (Å²) in [6, 6.07) is 14.2. The number of nitro benzene ring substituents is 1. The van der Waals surface area contributed by atoms with E-state index in [1.54, 1.807) is 50.2 Å². The number of nitriles is 1. The molecule has 2 aromatic rings. The Kier molecular flexibility index (Phi) is 11.3. The Labute approximate surface area is 267 Å². The van der Waals surface area contributed by atoms with Crippen LogP contribution in [0.3, 0.4) is 0 Å². The number of guanidine groups is 1. The molecule has 2 aliphatic rings. The second-order valence-corrected chi connectivity index (χ2v) is 10.8. The third kappa shape index (κ3) is 7.80. The van der Waals surface area contributed by atoms with Gasteiger partial charge in [0.05, 0.1) is 42.8 Å². The number of methoxy groups -OCH3 is 2. The largest absolute Gasteiger partial charge is 0.466 e. The van der Waals surface area contributed by atoms with Gasteiger partial charge in [-0.3, -0.25) is 20.4 Å². The molecule has 4 N–H and O–H groups in total. The highest BCUT2D eigenvalue weighted by molar-refractivity contribution is 6.00. The summed E-state index contributed by atoms with van der Waals surface area (Å²) in [5.41, 5.74) is 3.66. The lowest BCUT2D eigenvalue weighted by Crippen LogP contribution is -2.43. The summed E-state index contributed by atoms with van der Waals surface area (Å²) >= 11 is 0. The molecule has 0 atom stereocenters. The van der Waals surface area contributed by atoms with Crippen LogP contribution in [0.5, 0.6) is 0 Å².